The fourth-order valence-corrected chi connectivity index (χ4v) is 3.79. The maximum atomic E-state index is 12.1. The van der Waals surface area contributed by atoms with Gasteiger partial charge < -0.3 is 16.0 Å². The van der Waals surface area contributed by atoms with Crippen molar-refractivity contribution in [2.45, 2.75) is 38.6 Å². The van der Waals surface area contributed by atoms with Crippen LogP contribution in [0.3, 0.4) is 0 Å². The van der Waals surface area contributed by atoms with E-state index in [2.05, 4.69) is 45.4 Å². The standard InChI is InChI=1S/C21H28N4OS/c1-15(19-10-5-11-27-19)13-23-21(22-2)24-14-16-6-3-9-18(12-16)25-20(26)17-7-4-8-17/h3,5-6,9-12,15,17H,4,7-8,13-14H2,1-2H3,(H,25,26)(H2,22,23,24). The van der Waals surface area contributed by atoms with E-state index in [4.69, 9.17) is 0 Å². The van der Waals surface area contributed by atoms with Gasteiger partial charge in [0.2, 0.25) is 5.91 Å². The highest BCUT2D eigenvalue weighted by molar-refractivity contribution is 7.10. The van der Waals surface area contributed by atoms with Gasteiger partial charge in [-0.25, -0.2) is 0 Å². The average molecular weight is 385 g/mol. The number of hydrogen-bond donors (Lipinski definition) is 3. The van der Waals surface area contributed by atoms with Crippen LogP contribution in [0.5, 0.6) is 0 Å². The first kappa shape index (κ1) is 19.4. The molecule has 6 heteroatoms. The topological polar surface area (TPSA) is 65.5 Å². The summed E-state index contributed by atoms with van der Waals surface area (Å²) in [6, 6.07) is 12.2. The van der Waals surface area contributed by atoms with E-state index in [1.807, 2.05) is 24.3 Å². The first-order valence-corrected chi connectivity index (χ1v) is 10.4. The molecule has 1 fully saturated rings. The van der Waals surface area contributed by atoms with Crippen LogP contribution in [0.15, 0.2) is 46.8 Å². The molecule has 1 heterocycles. The molecule has 3 N–H and O–H groups in total. The molecule has 2 aromatic rings. The van der Waals surface area contributed by atoms with Crippen LogP contribution in [0.2, 0.25) is 0 Å². The van der Waals surface area contributed by atoms with Crippen LogP contribution in [0, 0.1) is 5.92 Å². The summed E-state index contributed by atoms with van der Waals surface area (Å²) in [5.74, 6) is 1.56. The van der Waals surface area contributed by atoms with Crippen LogP contribution in [0.1, 0.15) is 42.5 Å². The van der Waals surface area contributed by atoms with E-state index in [0.717, 1.165) is 36.6 Å². The Labute approximate surface area is 165 Å². The van der Waals surface area contributed by atoms with E-state index in [-0.39, 0.29) is 11.8 Å². The molecule has 144 valence electrons. The third-order valence-electron chi connectivity index (χ3n) is 4.96. The summed E-state index contributed by atoms with van der Waals surface area (Å²) < 4.78 is 0. The molecule has 27 heavy (non-hydrogen) atoms. The summed E-state index contributed by atoms with van der Waals surface area (Å²) in [7, 11) is 1.78. The molecule has 3 rings (SSSR count). The minimum Gasteiger partial charge on any atom is -0.356 e. The minimum atomic E-state index is 0.145. The number of anilines is 1. The Morgan fingerprint density at radius 1 is 1.26 bits per heavy atom. The first-order valence-electron chi connectivity index (χ1n) is 9.53. The number of hydrogen-bond acceptors (Lipinski definition) is 3. The van der Waals surface area contributed by atoms with Crippen molar-refractivity contribution in [2.24, 2.45) is 10.9 Å². The van der Waals surface area contributed by atoms with Crippen molar-refractivity contribution in [2.75, 3.05) is 18.9 Å². The second-order valence-electron chi connectivity index (χ2n) is 7.04. The fraction of sp³-hybridized carbons (Fsp3) is 0.429. The number of benzene rings is 1. The van der Waals surface area contributed by atoms with Crippen LogP contribution < -0.4 is 16.0 Å². The van der Waals surface area contributed by atoms with E-state index in [9.17, 15) is 4.79 Å². The summed E-state index contributed by atoms with van der Waals surface area (Å²) in [5.41, 5.74) is 1.97. The minimum absolute atomic E-state index is 0.145. The van der Waals surface area contributed by atoms with Gasteiger partial charge in [-0.2, -0.15) is 0 Å². The second kappa shape index (κ2) is 9.55. The van der Waals surface area contributed by atoms with Crippen molar-refractivity contribution in [1.82, 2.24) is 10.6 Å². The van der Waals surface area contributed by atoms with Crippen LogP contribution >= 0.6 is 11.3 Å². The molecule has 0 radical (unpaired) electrons. The van der Waals surface area contributed by atoms with Crippen molar-refractivity contribution in [3.8, 4) is 0 Å². The van der Waals surface area contributed by atoms with Gasteiger partial charge in [0.1, 0.15) is 0 Å². The Bertz CT molecular complexity index is 768. The van der Waals surface area contributed by atoms with E-state index in [1.54, 1.807) is 18.4 Å². The Hall–Kier alpha value is -2.34. The van der Waals surface area contributed by atoms with E-state index >= 15 is 0 Å². The number of aliphatic imine (C=N–C) groups is 1. The normalized spacial score (nSPS) is 15.7. The van der Waals surface area contributed by atoms with Gasteiger partial charge in [-0.3, -0.25) is 9.79 Å². The van der Waals surface area contributed by atoms with E-state index < -0.39 is 0 Å². The first-order chi connectivity index (χ1) is 13.2. The largest absolute Gasteiger partial charge is 0.356 e. The van der Waals surface area contributed by atoms with Crippen LogP contribution in [-0.4, -0.2) is 25.5 Å². The molecule has 1 amide bonds. The average Bonchev–Trinajstić information content (AvgIpc) is 3.15. The fourth-order valence-electron chi connectivity index (χ4n) is 3.00. The van der Waals surface area contributed by atoms with Crippen molar-refractivity contribution in [1.29, 1.82) is 0 Å². The lowest BCUT2D eigenvalue weighted by Gasteiger charge is -2.24. The number of rotatable bonds is 7. The molecule has 1 aliphatic rings. The molecule has 5 nitrogen and oxygen atoms in total. The number of amides is 1. The Kier molecular flexibility index (Phi) is 6.87. The van der Waals surface area contributed by atoms with Gasteiger partial charge in [0.25, 0.3) is 0 Å². The van der Waals surface area contributed by atoms with Gasteiger partial charge in [0.05, 0.1) is 0 Å². The quantitative estimate of drug-likeness (QED) is 0.500. The zero-order valence-corrected chi connectivity index (χ0v) is 16.8. The third-order valence-corrected chi connectivity index (χ3v) is 6.06. The zero-order valence-electron chi connectivity index (χ0n) is 16.0. The van der Waals surface area contributed by atoms with Crippen molar-refractivity contribution in [3.05, 3.63) is 52.2 Å². The van der Waals surface area contributed by atoms with E-state index in [1.165, 1.54) is 11.3 Å². The zero-order chi connectivity index (χ0) is 19.1. The molecule has 1 unspecified atom stereocenters. The Morgan fingerprint density at radius 2 is 2.11 bits per heavy atom. The maximum Gasteiger partial charge on any atom is 0.227 e. The highest BCUT2D eigenvalue weighted by Crippen LogP contribution is 2.27. The number of carbonyl (C=O) groups is 1. The molecular formula is C21H28N4OS. The van der Waals surface area contributed by atoms with E-state index in [0.29, 0.717) is 12.5 Å². The number of carbonyl (C=O) groups excluding carboxylic acids is 1. The number of nitrogens with zero attached hydrogens (tertiary/aromatic N) is 1. The number of thiophene rings is 1. The molecular weight excluding hydrogens is 356 g/mol. The summed E-state index contributed by atoms with van der Waals surface area (Å²) in [6.45, 7) is 3.69. The molecule has 1 aromatic heterocycles. The molecule has 1 aromatic carbocycles. The highest BCUT2D eigenvalue weighted by atomic mass is 32.1. The van der Waals surface area contributed by atoms with Gasteiger partial charge in [-0.1, -0.05) is 31.5 Å². The summed E-state index contributed by atoms with van der Waals surface area (Å²) in [4.78, 5) is 17.8. The Morgan fingerprint density at radius 3 is 2.78 bits per heavy atom. The molecule has 1 aliphatic carbocycles. The lowest BCUT2D eigenvalue weighted by atomic mass is 9.85. The monoisotopic (exact) mass is 384 g/mol. The van der Waals surface area contributed by atoms with Crippen molar-refractivity contribution < 1.29 is 4.79 Å². The SMILES string of the molecule is CN=C(NCc1cccc(NC(=O)C2CCC2)c1)NCC(C)c1cccs1. The molecule has 0 saturated heterocycles. The lowest BCUT2D eigenvalue weighted by Crippen LogP contribution is -2.38. The summed E-state index contributed by atoms with van der Waals surface area (Å²) in [5, 5.41) is 11.9. The molecule has 0 aliphatic heterocycles. The van der Waals surface area contributed by atoms with Gasteiger partial charge >= 0.3 is 0 Å². The smallest absolute Gasteiger partial charge is 0.227 e. The van der Waals surface area contributed by atoms with Crippen LogP contribution in [-0.2, 0) is 11.3 Å². The maximum absolute atomic E-state index is 12.1. The molecule has 0 spiro atoms. The van der Waals surface area contributed by atoms with Gasteiger partial charge in [0.15, 0.2) is 5.96 Å². The van der Waals surface area contributed by atoms with Crippen molar-refractivity contribution in [3.63, 3.8) is 0 Å². The van der Waals surface area contributed by atoms with Gasteiger partial charge in [-0.05, 0) is 42.0 Å². The van der Waals surface area contributed by atoms with Crippen LogP contribution in [0.4, 0.5) is 5.69 Å². The predicted molar refractivity (Wildman–Crippen MR) is 113 cm³/mol. The molecule has 1 saturated carbocycles. The summed E-state index contributed by atoms with van der Waals surface area (Å²) in [6.07, 6.45) is 3.19. The molecule has 1 atom stereocenters. The predicted octanol–water partition coefficient (Wildman–Crippen LogP) is 3.96. The summed E-state index contributed by atoms with van der Waals surface area (Å²) >= 11 is 1.78. The van der Waals surface area contributed by atoms with Crippen molar-refractivity contribution >= 4 is 28.9 Å². The lowest BCUT2D eigenvalue weighted by molar-refractivity contribution is -0.122. The Balaban J connectivity index is 1.47. The molecule has 0 bridgehead atoms. The van der Waals surface area contributed by atoms with Gasteiger partial charge in [0, 0.05) is 42.5 Å². The number of guanidine groups is 1. The third kappa shape index (κ3) is 5.57. The number of nitrogens with one attached hydrogen (secondary N) is 3. The van der Waals surface area contributed by atoms with Gasteiger partial charge in [-0.15, -0.1) is 11.3 Å². The van der Waals surface area contributed by atoms with Crippen LogP contribution in [0.25, 0.3) is 0 Å². The highest BCUT2D eigenvalue weighted by Gasteiger charge is 2.25. The second-order valence-corrected chi connectivity index (χ2v) is 8.02.